The van der Waals surface area contributed by atoms with Crippen molar-refractivity contribution in [2.75, 3.05) is 31.5 Å². The summed E-state index contributed by atoms with van der Waals surface area (Å²) < 4.78 is 1.64. The number of carbonyl (C=O) groups is 1. The maximum Gasteiger partial charge on any atom is 0.322 e. The summed E-state index contributed by atoms with van der Waals surface area (Å²) in [4.78, 5) is 25.0. The number of nitrogens with zero attached hydrogens (tertiary/aromatic N) is 6. The third kappa shape index (κ3) is 4.29. The molecule has 0 aromatic carbocycles. The van der Waals surface area contributed by atoms with Gasteiger partial charge < -0.3 is 10.2 Å². The van der Waals surface area contributed by atoms with Gasteiger partial charge in [0.25, 0.3) is 0 Å². The van der Waals surface area contributed by atoms with Crippen molar-refractivity contribution in [2.24, 2.45) is 0 Å². The van der Waals surface area contributed by atoms with E-state index < -0.39 is 0 Å². The number of piperazine rings is 1. The first-order chi connectivity index (χ1) is 13.3. The Balaban J connectivity index is 1.29. The summed E-state index contributed by atoms with van der Waals surface area (Å²) >= 11 is 0. The predicted molar refractivity (Wildman–Crippen MR) is 101 cm³/mol. The minimum atomic E-state index is -0.0980. The number of urea groups is 1. The highest BCUT2D eigenvalue weighted by molar-refractivity contribution is 5.89. The van der Waals surface area contributed by atoms with E-state index in [4.69, 9.17) is 0 Å². The van der Waals surface area contributed by atoms with Crippen molar-refractivity contribution in [3.05, 3.63) is 66.9 Å². The number of rotatable bonds is 4. The molecule has 1 fully saturated rings. The Hall–Kier alpha value is -3.26. The van der Waals surface area contributed by atoms with Crippen LogP contribution in [0.1, 0.15) is 5.56 Å². The number of amides is 2. The summed E-state index contributed by atoms with van der Waals surface area (Å²) in [5, 5.41) is 7.17. The highest BCUT2D eigenvalue weighted by Crippen LogP contribution is 2.12. The van der Waals surface area contributed by atoms with Crippen molar-refractivity contribution in [1.29, 1.82) is 0 Å². The number of pyridine rings is 2. The van der Waals surface area contributed by atoms with E-state index >= 15 is 0 Å². The zero-order valence-corrected chi connectivity index (χ0v) is 14.9. The average molecular weight is 363 g/mol. The van der Waals surface area contributed by atoms with Crippen LogP contribution in [0, 0.1) is 0 Å². The van der Waals surface area contributed by atoms with Gasteiger partial charge in [-0.25, -0.2) is 14.5 Å². The van der Waals surface area contributed by atoms with Crippen LogP contribution in [0.5, 0.6) is 0 Å². The second-order valence-electron chi connectivity index (χ2n) is 6.41. The molecule has 0 bridgehead atoms. The largest absolute Gasteiger partial charge is 0.322 e. The van der Waals surface area contributed by atoms with Crippen molar-refractivity contribution in [2.45, 2.75) is 6.54 Å². The predicted octanol–water partition coefficient (Wildman–Crippen LogP) is 2.01. The van der Waals surface area contributed by atoms with Gasteiger partial charge in [-0.3, -0.25) is 9.88 Å². The van der Waals surface area contributed by atoms with Gasteiger partial charge in [-0.15, -0.1) is 0 Å². The molecule has 8 nitrogen and oxygen atoms in total. The monoisotopic (exact) mass is 363 g/mol. The number of anilines is 1. The Kier molecular flexibility index (Phi) is 5.06. The maximum atomic E-state index is 12.5. The Labute approximate surface area is 157 Å². The molecule has 1 saturated heterocycles. The van der Waals surface area contributed by atoms with Crippen molar-refractivity contribution in [3.8, 4) is 5.82 Å². The van der Waals surface area contributed by atoms with Crippen LogP contribution in [-0.2, 0) is 6.54 Å². The Morgan fingerprint density at radius 2 is 1.85 bits per heavy atom. The second kappa shape index (κ2) is 7.96. The van der Waals surface area contributed by atoms with Crippen LogP contribution in [0.25, 0.3) is 5.82 Å². The lowest BCUT2D eigenvalue weighted by Gasteiger charge is -2.34. The van der Waals surface area contributed by atoms with Gasteiger partial charge in [0, 0.05) is 51.3 Å². The van der Waals surface area contributed by atoms with Gasteiger partial charge in [0.1, 0.15) is 0 Å². The maximum absolute atomic E-state index is 12.5. The van der Waals surface area contributed by atoms with Gasteiger partial charge in [-0.1, -0.05) is 6.07 Å². The molecule has 0 spiro atoms. The summed E-state index contributed by atoms with van der Waals surface area (Å²) in [6.45, 7) is 3.98. The lowest BCUT2D eigenvalue weighted by molar-refractivity contribution is 0.143. The highest BCUT2D eigenvalue weighted by Gasteiger charge is 2.21. The number of nitrogens with one attached hydrogen (secondary N) is 1. The fraction of sp³-hybridized carbons (Fsp3) is 0.263. The molecule has 4 heterocycles. The molecule has 0 radical (unpaired) electrons. The van der Waals surface area contributed by atoms with E-state index in [1.165, 1.54) is 5.56 Å². The van der Waals surface area contributed by atoms with E-state index in [2.05, 4.69) is 25.3 Å². The summed E-state index contributed by atoms with van der Waals surface area (Å²) in [6.07, 6.45) is 8.72. The quantitative estimate of drug-likeness (QED) is 0.767. The SMILES string of the molecule is O=C(Nc1cnn(-c2ccccn2)c1)N1CCN(Cc2ccncc2)CC1. The number of hydrogen-bond acceptors (Lipinski definition) is 5. The molecule has 2 amide bonds. The molecule has 0 saturated carbocycles. The molecule has 3 aromatic rings. The van der Waals surface area contributed by atoms with E-state index in [0.717, 1.165) is 19.6 Å². The fourth-order valence-corrected chi connectivity index (χ4v) is 3.06. The van der Waals surface area contributed by atoms with Gasteiger partial charge in [0.05, 0.1) is 18.1 Å². The number of hydrogen-bond donors (Lipinski definition) is 1. The first-order valence-electron chi connectivity index (χ1n) is 8.91. The standard InChI is InChI=1S/C19H21N7O/c27-19(23-17-13-22-26(15-17)18-3-1-2-6-21-18)25-11-9-24(10-12-25)14-16-4-7-20-8-5-16/h1-8,13,15H,9-12,14H2,(H,23,27). The Morgan fingerprint density at radius 3 is 2.59 bits per heavy atom. The van der Waals surface area contributed by atoms with Crippen molar-refractivity contribution in [3.63, 3.8) is 0 Å². The molecule has 8 heteroatoms. The first-order valence-corrected chi connectivity index (χ1v) is 8.91. The Morgan fingerprint density at radius 1 is 1.04 bits per heavy atom. The molecule has 1 N–H and O–H groups in total. The topological polar surface area (TPSA) is 79.2 Å². The van der Waals surface area contributed by atoms with Crippen LogP contribution in [0.3, 0.4) is 0 Å². The average Bonchev–Trinajstić information content (AvgIpc) is 3.18. The third-order valence-corrected chi connectivity index (χ3v) is 4.53. The lowest BCUT2D eigenvalue weighted by atomic mass is 10.2. The molecule has 0 atom stereocenters. The first kappa shape index (κ1) is 17.2. The molecular weight excluding hydrogens is 342 g/mol. The van der Waals surface area contributed by atoms with Crippen LogP contribution < -0.4 is 5.32 Å². The van der Waals surface area contributed by atoms with Crippen LogP contribution >= 0.6 is 0 Å². The number of carbonyl (C=O) groups excluding carboxylic acids is 1. The summed E-state index contributed by atoms with van der Waals surface area (Å²) in [5.74, 6) is 0.711. The van der Waals surface area contributed by atoms with E-state index in [1.54, 1.807) is 23.3 Å². The molecule has 0 aliphatic carbocycles. The molecule has 27 heavy (non-hydrogen) atoms. The van der Waals surface area contributed by atoms with E-state index in [1.807, 2.05) is 47.6 Å². The van der Waals surface area contributed by atoms with Crippen LogP contribution in [0.4, 0.5) is 10.5 Å². The lowest BCUT2D eigenvalue weighted by Crippen LogP contribution is -2.49. The molecule has 1 aliphatic heterocycles. The van der Waals surface area contributed by atoms with E-state index in [9.17, 15) is 4.79 Å². The molecule has 3 aromatic heterocycles. The van der Waals surface area contributed by atoms with Gasteiger partial charge in [0.15, 0.2) is 5.82 Å². The molecule has 4 rings (SSSR count). The summed E-state index contributed by atoms with van der Waals surface area (Å²) in [6, 6.07) is 9.56. The van der Waals surface area contributed by atoms with Gasteiger partial charge >= 0.3 is 6.03 Å². The normalized spacial score (nSPS) is 14.9. The van der Waals surface area contributed by atoms with Gasteiger partial charge in [-0.05, 0) is 29.8 Å². The molecule has 0 unspecified atom stereocenters. The molecule has 1 aliphatic rings. The van der Waals surface area contributed by atoms with Crippen LogP contribution in [0.2, 0.25) is 0 Å². The second-order valence-corrected chi connectivity index (χ2v) is 6.41. The van der Waals surface area contributed by atoms with Crippen molar-refractivity contribution in [1.82, 2.24) is 29.5 Å². The molecular formula is C19H21N7O. The van der Waals surface area contributed by atoms with Crippen molar-refractivity contribution < 1.29 is 4.79 Å². The zero-order valence-electron chi connectivity index (χ0n) is 14.9. The van der Waals surface area contributed by atoms with Gasteiger partial charge in [0.2, 0.25) is 0 Å². The van der Waals surface area contributed by atoms with Crippen LogP contribution in [-0.4, -0.2) is 61.8 Å². The van der Waals surface area contributed by atoms with E-state index in [-0.39, 0.29) is 6.03 Å². The highest BCUT2D eigenvalue weighted by atomic mass is 16.2. The third-order valence-electron chi connectivity index (χ3n) is 4.53. The molecule has 138 valence electrons. The van der Waals surface area contributed by atoms with Crippen LogP contribution in [0.15, 0.2) is 61.3 Å². The zero-order chi connectivity index (χ0) is 18.5. The fourth-order valence-electron chi connectivity index (χ4n) is 3.06. The van der Waals surface area contributed by atoms with Crippen molar-refractivity contribution >= 4 is 11.7 Å². The Bertz CT molecular complexity index is 873. The number of aromatic nitrogens is 4. The summed E-state index contributed by atoms with van der Waals surface area (Å²) in [7, 11) is 0. The minimum absolute atomic E-state index is 0.0980. The summed E-state index contributed by atoms with van der Waals surface area (Å²) in [5.41, 5.74) is 1.90. The van der Waals surface area contributed by atoms with Gasteiger partial charge in [-0.2, -0.15) is 5.10 Å². The smallest absolute Gasteiger partial charge is 0.322 e. The van der Waals surface area contributed by atoms with E-state index in [0.29, 0.717) is 24.6 Å². The minimum Gasteiger partial charge on any atom is -0.322 e.